The zero-order valence-electron chi connectivity index (χ0n) is 15.7. The van der Waals surface area contributed by atoms with E-state index in [4.69, 9.17) is 4.98 Å². The van der Waals surface area contributed by atoms with Gasteiger partial charge in [0.25, 0.3) is 5.91 Å². The molecular weight excluding hydrogens is 386 g/mol. The van der Waals surface area contributed by atoms with Gasteiger partial charge in [-0.25, -0.2) is 19.9 Å². The summed E-state index contributed by atoms with van der Waals surface area (Å²) in [6.07, 6.45) is 6.62. The molecule has 0 aliphatic rings. The van der Waals surface area contributed by atoms with Crippen molar-refractivity contribution in [3.63, 3.8) is 0 Å². The number of benzene rings is 1. The van der Waals surface area contributed by atoms with Gasteiger partial charge in [-0.1, -0.05) is 29.5 Å². The molecule has 4 heterocycles. The number of hydrogen-bond donors (Lipinski definition) is 2. The number of nitrogens with zero attached hydrogens (tertiary/aromatic N) is 5. The number of aromatic amines is 1. The number of thiazole rings is 1. The van der Waals surface area contributed by atoms with Crippen molar-refractivity contribution in [1.29, 1.82) is 0 Å². The summed E-state index contributed by atoms with van der Waals surface area (Å²) in [5.41, 5.74) is 5.01. The number of pyridine rings is 1. The molecule has 0 saturated heterocycles. The lowest BCUT2D eigenvalue weighted by Crippen LogP contribution is -2.26. The molecule has 1 atom stereocenters. The number of fused-ring (bicyclic) bond motifs is 3. The van der Waals surface area contributed by atoms with E-state index >= 15 is 0 Å². The highest BCUT2D eigenvalue weighted by Crippen LogP contribution is 2.33. The van der Waals surface area contributed by atoms with Crippen LogP contribution in [-0.4, -0.2) is 35.4 Å². The van der Waals surface area contributed by atoms with Crippen LogP contribution in [0, 0.1) is 0 Å². The molecule has 0 saturated carbocycles. The van der Waals surface area contributed by atoms with Crippen LogP contribution in [0.25, 0.3) is 32.0 Å². The Morgan fingerprint density at radius 1 is 1.28 bits per heavy atom. The molecule has 29 heavy (non-hydrogen) atoms. The molecule has 0 bridgehead atoms. The Morgan fingerprint density at radius 2 is 2.17 bits per heavy atom. The number of nitrogens with one attached hydrogen (secondary N) is 2. The van der Waals surface area contributed by atoms with Gasteiger partial charge in [-0.2, -0.15) is 0 Å². The van der Waals surface area contributed by atoms with Crippen LogP contribution >= 0.6 is 11.3 Å². The normalized spacial score (nSPS) is 12.5. The molecule has 8 nitrogen and oxygen atoms in total. The molecule has 2 N–H and O–H groups in total. The fourth-order valence-electron chi connectivity index (χ4n) is 3.31. The number of rotatable bonds is 4. The number of H-pyrrole nitrogens is 1. The zero-order valence-corrected chi connectivity index (χ0v) is 16.6. The monoisotopic (exact) mass is 403 g/mol. The van der Waals surface area contributed by atoms with Gasteiger partial charge in [0.1, 0.15) is 26.6 Å². The molecule has 9 heteroatoms. The molecule has 0 unspecified atom stereocenters. The molecule has 1 aromatic carbocycles. The highest BCUT2D eigenvalue weighted by molar-refractivity contribution is 7.21. The van der Waals surface area contributed by atoms with Crippen LogP contribution in [0.1, 0.15) is 29.0 Å². The SMILES string of the molecule is C[C@H](NC(=O)c1c[nH]cn1)c1cccc(-c2nc3c(ncc4ncn(C)c43)s2)c1. The smallest absolute Gasteiger partial charge is 0.271 e. The standard InChI is InChI=1S/C20H17N7OS/c1-11(25-18(28)15-7-21-9-23-15)12-4-3-5-13(6-12)19-26-16-17-14(24-10-27(17)2)8-22-20(16)29-19/h3-11H,1-2H3,(H,21,23)(H,25,28)/t11-/m0/s1. The summed E-state index contributed by atoms with van der Waals surface area (Å²) in [6, 6.07) is 7.86. The summed E-state index contributed by atoms with van der Waals surface area (Å²) >= 11 is 1.54. The Balaban J connectivity index is 1.48. The third-order valence-corrected chi connectivity index (χ3v) is 5.83. The topological polar surface area (TPSA) is 101 Å². The quantitative estimate of drug-likeness (QED) is 0.478. The predicted octanol–water partition coefficient (Wildman–Crippen LogP) is 3.46. The van der Waals surface area contributed by atoms with Gasteiger partial charge in [0.05, 0.1) is 30.4 Å². The van der Waals surface area contributed by atoms with Gasteiger partial charge in [-0.3, -0.25) is 4.79 Å². The Kier molecular flexibility index (Phi) is 4.09. The molecule has 1 amide bonds. The Morgan fingerprint density at radius 3 is 3.00 bits per heavy atom. The number of carbonyl (C=O) groups is 1. The molecule has 0 aliphatic heterocycles. The maximum absolute atomic E-state index is 12.3. The van der Waals surface area contributed by atoms with E-state index < -0.39 is 0 Å². The van der Waals surface area contributed by atoms with Crippen LogP contribution in [0.4, 0.5) is 0 Å². The molecule has 5 rings (SSSR count). The number of carbonyl (C=O) groups excluding carboxylic acids is 1. The van der Waals surface area contributed by atoms with Crippen molar-refractivity contribution >= 4 is 38.6 Å². The first-order valence-electron chi connectivity index (χ1n) is 9.06. The van der Waals surface area contributed by atoms with Crippen molar-refractivity contribution < 1.29 is 4.79 Å². The first-order valence-corrected chi connectivity index (χ1v) is 9.88. The van der Waals surface area contributed by atoms with Crippen LogP contribution in [0.2, 0.25) is 0 Å². The van der Waals surface area contributed by atoms with E-state index in [0.717, 1.165) is 37.5 Å². The summed E-state index contributed by atoms with van der Waals surface area (Å²) in [4.78, 5) is 33.6. The predicted molar refractivity (Wildman–Crippen MR) is 112 cm³/mol. The molecule has 0 spiro atoms. The highest BCUT2D eigenvalue weighted by Gasteiger charge is 2.16. The summed E-state index contributed by atoms with van der Waals surface area (Å²) in [5, 5.41) is 3.85. The van der Waals surface area contributed by atoms with Gasteiger partial charge in [0, 0.05) is 18.8 Å². The molecule has 0 fully saturated rings. The minimum absolute atomic E-state index is 0.171. The first kappa shape index (κ1) is 17.5. The molecule has 4 aromatic heterocycles. The van der Waals surface area contributed by atoms with E-state index in [2.05, 4.69) is 25.3 Å². The second-order valence-corrected chi connectivity index (χ2v) is 7.77. The lowest BCUT2D eigenvalue weighted by molar-refractivity contribution is 0.0935. The summed E-state index contributed by atoms with van der Waals surface area (Å²) in [7, 11) is 1.96. The number of aryl methyl sites for hydroxylation is 1. The van der Waals surface area contributed by atoms with Crippen molar-refractivity contribution in [3.05, 3.63) is 60.6 Å². The van der Waals surface area contributed by atoms with Crippen molar-refractivity contribution in [1.82, 2.24) is 34.8 Å². The third kappa shape index (κ3) is 3.05. The van der Waals surface area contributed by atoms with Crippen LogP contribution in [0.3, 0.4) is 0 Å². The zero-order chi connectivity index (χ0) is 20.0. The van der Waals surface area contributed by atoms with Crippen LogP contribution in [0.15, 0.2) is 49.3 Å². The van der Waals surface area contributed by atoms with Gasteiger partial charge in [-0.05, 0) is 18.6 Å². The lowest BCUT2D eigenvalue weighted by Gasteiger charge is -2.14. The summed E-state index contributed by atoms with van der Waals surface area (Å²) < 4.78 is 1.96. The van der Waals surface area contributed by atoms with Gasteiger partial charge < -0.3 is 14.9 Å². The molecule has 0 radical (unpaired) electrons. The number of amides is 1. The Labute approximate surface area is 169 Å². The average molecular weight is 403 g/mol. The number of hydrogen-bond acceptors (Lipinski definition) is 6. The number of aromatic nitrogens is 6. The van der Waals surface area contributed by atoms with Crippen molar-refractivity contribution in [2.75, 3.05) is 0 Å². The van der Waals surface area contributed by atoms with Crippen LogP contribution < -0.4 is 5.32 Å². The highest BCUT2D eigenvalue weighted by atomic mass is 32.1. The van der Waals surface area contributed by atoms with E-state index in [9.17, 15) is 4.79 Å². The van der Waals surface area contributed by atoms with Crippen molar-refractivity contribution in [3.8, 4) is 10.6 Å². The third-order valence-electron chi connectivity index (χ3n) is 4.82. The first-order chi connectivity index (χ1) is 14.1. The minimum Gasteiger partial charge on any atom is -0.350 e. The fourth-order valence-corrected chi connectivity index (χ4v) is 4.22. The fraction of sp³-hybridized carbons (Fsp3) is 0.150. The van der Waals surface area contributed by atoms with E-state index in [0.29, 0.717) is 5.69 Å². The second-order valence-electron chi connectivity index (χ2n) is 6.80. The maximum atomic E-state index is 12.3. The maximum Gasteiger partial charge on any atom is 0.271 e. The van der Waals surface area contributed by atoms with Crippen molar-refractivity contribution in [2.24, 2.45) is 7.05 Å². The van der Waals surface area contributed by atoms with Gasteiger partial charge >= 0.3 is 0 Å². The van der Waals surface area contributed by atoms with Gasteiger partial charge in [0.15, 0.2) is 0 Å². The van der Waals surface area contributed by atoms with E-state index in [1.165, 1.54) is 6.33 Å². The largest absolute Gasteiger partial charge is 0.350 e. The van der Waals surface area contributed by atoms with Gasteiger partial charge in [-0.15, -0.1) is 0 Å². The summed E-state index contributed by atoms with van der Waals surface area (Å²) in [6.45, 7) is 1.95. The van der Waals surface area contributed by atoms with E-state index in [1.807, 2.05) is 42.8 Å². The molecule has 144 valence electrons. The van der Waals surface area contributed by atoms with E-state index in [1.54, 1.807) is 30.1 Å². The molecule has 0 aliphatic carbocycles. The second kappa shape index (κ2) is 6.78. The molecular formula is C20H17N7OS. The Bertz CT molecular complexity index is 1340. The van der Waals surface area contributed by atoms with Crippen LogP contribution in [0.5, 0.6) is 0 Å². The van der Waals surface area contributed by atoms with Crippen LogP contribution in [-0.2, 0) is 7.05 Å². The van der Waals surface area contributed by atoms with E-state index in [-0.39, 0.29) is 11.9 Å². The number of imidazole rings is 2. The van der Waals surface area contributed by atoms with Gasteiger partial charge in [0.2, 0.25) is 0 Å². The molecule has 5 aromatic rings. The van der Waals surface area contributed by atoms with Crippen molar-refractivity contribution in [2.45, 2.75) is 13.0 Å². The summed E-state index contributed by atoms with van der Waals surface area (Å²) in [5.74, 6) is -0.216. The minimum atomic E-state index is -0.216. The average Bonchev–Trinajstić information content (AvgIpc) is 3.47. The Hall–Kier alpha value is -3.59. The lowest BCUT2D eigenvalue weighted by atomic mass is 10.1.